The number of Topliss-reactive ketones (excluding diaryl/α,β-unsaturated/α-hetero) is 1. The van der Waals surface area contributed by atoms with Crippen molar-refractivity contribution >= 4 is 56.0 Å². The third-order valence-electron chi connectivity index (χ3n) is 4.58. The molecule has 146 valence electrons. The molecule has 0 unspecified atom stereocenters. The molecular formula is C22H21BrClNO2S. The summed E-state index contributed by atoms with van der Waals surface area (Å²) in [5.74, 6) is 0.370. The van der Waals surface area contributed by atoms with Crippen LogP contribution in [-0.4, -0.2) is 10.8 Å². The van der Waals surface area contributed by atoms with Gasteiger partial charge in [0.15, 0.2) is 5.78 Å². The number of halogens is 2. The highest BCUT2D eigenvalue weighted by Gasteiger charge is 2.19. The molecule has 3 aromatic rings. The zero-order chi connectivity index (χ0) is 20.6. The normalized spacial score (nSPS) is 11.8. The average Bonchev–Trinajstić information content (AvgIpc) is 2.62. The van der Waals surface area contributed by atoms with Gasteiger partial charge in [0.1, 0.15) is 0 Å². The summed E-state index contributed by atoms with van der Waals surface area (Å²) >= 11 is 11.1. The molecule has 0 aliphatic heterocycles. The van der Waals surface area contributed by atoms with Crippen LogP contribution in [0.1, 0.15) is 49.2 Å². The molecule has 0 saturated heterocycles. The molecule has 0 aliphatic carbocycles. The Morgan fingerprint density at radius 1 is 1.14 bits per heavy atom. The van der Waals surface area contributed by atoms with Crippen LogP contribution < -0.4 is 5.43 Å². The summed E-state index contributed by atoms with van der Waals surface area (Å²) in [4.78, 5) is 28.4. The fraction of sp³-hybridized carbons (Fsp3) is 0.273. The molecule has 0 fully saturated rings. The van der Waals surface area contributed by atoms with Gasteiger partial charge in [-0.3, -0.25) is 9.59 Å². The third kappa shape index (κ3) is 4.22. The number of hydrogen-bond donors (Lipinski definition) is 1. The summed E-state index contributed by atoms with van der Waals surface area (Å²) in [5.41, 5.74) is 2.92. The Labute approximate surface area is 182 Å². The Kier molecular flexibility index (Phi) is 6.08. The first-order valence-corrected chi connectivity index (χ1v) is 11.0. The first-order valence-electron chi connectivity index (χ1n) is 8.86. The van der Waals surface area contributed by atoms with Crippen molar-refractivity contribution in [1.82, 2.24) is 4.98 Å². The second kappa shape index (κ2) is 8.05. The smallest absolute Gasteiger partial charge is 0.202 e. The first kappa shape index (κ1) is 21.2. The predicted molar refractivity (Wildman–Crippen MR) is 122 cm³/mol. The molecule has 2 aromatic carbocycles. The topological polar surface area (TPSA) is 49.9 Å². The van der Waals surface area contributed by atoms with Crippen LogP contribution in [0, 0.1) is 0 Å². The number of fused-ring (bicyclic) bond motifs is 1. The Morgan fingerprint density at radius 2 is 1.79 bits per heavy atom. The maximum absolute atomic E-state index is 13.0. The lowest BCUT2D eigenvalue weighted by atomic mass is 9.87. The van der Waals surface area contributed by atoms with Crippen LogP contribution in [0.2, 0.25) is 5.02 Å². The van der Waals surface area contributed by atoms with E-state index >= 15 is 0 Å². The highest BCUT2D eigenvalue weighted by Crippen LogP contribution is 2.32. The molecule has 28 heavy (non-hydrogen) atoms. The number of aromatic nitrogens is 1. The van der Waals surface area contributed by atoms with Crippen molar-refractivity contribution in [3.63, 3.8) is 0 Å². The molecule has 0 aliphatic rings. The largest absolute Gasteiger partial charge is 0.348 e. The minimum atomic E-state index is -0.335. The number of carbonyl (C=O) groups excluding carboxylic acids is 1. The van der Waals surface area contributed by atoms with E-state index in [4.69, 9.17) is 11.6 Å². The van der Waals surface area contributed by atoms with Gasteiger partial charge in [-0.2, -0.15) is 0 Å². The average molecular weight is 479 g/mol. The number of hydrogen-bond acceptors (Lipinski definition) is 3. The Balaban J connectivity index is 2.01. The lowest BCUT2D eigenvalue weighted by molar-refractivity contribution is 0.101. The number of ketones is 1. The molecule has 1 N–H and O–H groups in total. The molecule has 0 radical (unpaired) electrons. The number of carbonyl (C=O) groups is 1. The van der Waals surface area contributed by atoms with Crippen LogP contribution in [0.4, 0.5) is 0 Å². The molecule has 3 nitrogen and oxygen atoms in total. The van der Waals surface area contributed by atoms with Gasteiger partial charge in [0.2, 0.25) is 5.43 Å². The zero-order valence-electron chi connectivity index (χ0n) is 16.2. The van der Waals surface area contributed by atoms with Gasteiger partial charge in [0.05, 0.1) is 26.5 Å². The van der Waals surface area contributed by atoms with E-state index in [1.165, 1.54) is 24.2 Å². The molecule has 1 aromatic heterocycles. The van der Waals surface area contributed by atoms with E-state index < -0.39 is 0 Å². The van der Waals surface area contributed by atoms with E-state index in [0.717, 1.165) is 10.0 Å². The quantitative estimate of drug-likeness (QED) is 0.334. The number of thioether (sulfide) groups is 1. The number of nitrogens with one attached hydrogen (secondary N) is 1. The number of pyridine rings is 1. The molecule has 0 spiro atoms. The fourth-order valence-electron chi connectivity index (χ4n) is 2.98. The summed E-state index contributed by atoms with van der Waals surface area (Å²) in [7, 11) is 0. The van der Waals surface area contributed by atoms with Gasteiger partial charge in [-0.25, -0.2) is 0 Å². The second-order valence-corrected chi connectivity index (χ2v) is 9.98. The highest BCUT2D eigenvalue weighted by molar-refractivity contribution is 9.10. The predicted octanol–water partition coefficient (Wildman–Crippen LogP) is 6.74. The fourth-order valence-corrected chi connectivity index (χ4v) is 4.72. The monoisotopic (exact) mass is 477 g/mol. The van der Waals surface area contributed by atoms with E-state index in [0.29, 0.717) is 26.7 Å². The van der Waals surface area contributed by atoms with Crippen LogP contribution in [0.25, 0.3) is 10.9 Å². The summed E-state index contributed by atoms with van der Waals surface area (Å²) < 4.78 is 0.732. The number of rotatable bonds is 4. The van der Waals surface area contributed by atoms with E-state index in [1.807, 2.05) is 0 Å². The molecule has 0 amide bonds. The van der Waals surface area contributed by atoms with Crippen molar-refractivity contribution in [2.24, 2.45) is 0 Å². The first-order chi connectivity index (χ1) is 13.1. The van der Waals surface area contributed by atoms with Crippen molar-refractivity contribution in [2.45, 2.75) is 43.9 Å². The van der Waals surface area contributed by atoms with Crippen LogP contribution in [0.3, 0.4) is 0 Å². The highest BCUT2D eigenvalue weighted by atomic mass is 79.9. The van der Waals surface area contributed by atoms with Gasteiger partial charge < -0.3 is 4.98 Å². The minimum absolute atomic E-state index is 0.0998. The summed E-state index contributed by atoms with van der Waals surface area (Å²) in [6, 6.07) is 11.9. The van der Waals surface area contributed by atoms with Gasteiger partial charge in [-0.15, -0.1) is 11.8 Å². The van der Waals surface area contributed by atoms with Crippen LogP contribution in [0.15, 0.2) is 50.7 Å². The van der Waals surface area contributed by atoms with Gasteiger partial charge >= 0.3 is 0 Å². The summed E-state index contributed by atoms with van der Waals surface area (Å²) in [5, 5.41) is 1.23. The molecule has 1 heterocycles. The molecule has 0 atom stereocenters. The summed E-state index contributed by atoms with van der Waals surface area (Å²) in [6.45, 7) is 7.95. The van der Waals surface area contributed by atoms with Crippen molar-refractivity contribution in [3.05, 3.63) is 72.8 Å². The Hall–Kier alpha value is -1.56. The van der Waals surface area contributed by atoms with Crippen molar-refractivity contribution < 1.29 is 4.79 Å². The maximum Gasteiger partial charge on any atom is 0.202 e. The maximum atomic E-state index is 13.0. The van der Waals surface area contributed by atoms with E-state index in [9.17, 15) is 9.59 Å². The molecule has 0 bridgehead atoms. The van der Waals surface area contributed by atoms with Gasteiger partial charge in [0.25, 0.3) is 0 Å². The number of H-pyrrole nitrogens is 1. The van der Waals surface area contributed by atoms with Crippen LogP contribution in [-0.2, 0) is 11.2 Å². The van der Waals surface area contributed by atoms with E-state index in [-0.39, 0.29) is 22.2 Å². The van der Waals surface area contributed by atoms with Gasteiger partial charge in [0, 0.05) is 10.2 Å². The van der Waals surface area contributed by atoms with Crippen molar-refractivity contribution in [2.75, 3.05) is 0 Å². The molecule has 3 rings (SSSR count). The molecule has 6 heteroatoms. The van der Waals surface area contributed by atoms with Crippen molar-refractivity contribution in [1.29, 1.82) is 0 Å². The number of aromatic amines is 1. The Bertz CT molecular complexity index is 1110. The van der Waals surface area contributed by atoms with E-state index in [1.54, 1.807) is 12.1 Å². The van der Waals surface area contributed by atoms with Crippen LogP contribution >= 0.6 is 39.3 Å². The molecule has 0 saturated carbocycles. The lowest BCUT2D eigenvalue weighted by Gasteiger charge is -2.19. The van der Waals surface area contributed by atoms with Crippen molar-refractivity contribution in [3.8, 4) is 0 Å². The molecular weight excluding hydrogens is 458 g/mol. The van der Waals surface area contributed by atoms with Gasteiger partial charge in [-0.05, 0) is 51.5 Å². The second-order valence-electron chi connectivity index (χ2n) is 7.73. The Morgan fingerprint density at radius 3 is 2.36 bits per heavy atom. The lowest BCUT2D eigenvalue weighted by Crippen LogP contribution is -2.17. The minimum Gasteiger partial charge on any atom is -0.348 e. The zero-order valence-corrected chi connectivity index (χ0v) is 19.3. The number of benzene rings is 2. The SMILES string of the molecule is CC(=O)c1c(SCc2ccc(C(C)(C)C)cc2)[nH]c2c(Br)ccc(Cl)c2c1=O. The third-order valence-corrected chi connectivity index (χ3v) is 6.63. The van der Waals surface area contributed by atoms with Crippen LogP contribution in [0.5, 0.6) is 0 Å². The standard InChI is InChI=1S/C22H21BrClNO2S/c1-12(26)17-20(27)18-16(24)10-9-15(23)19(18)25-21(17)28-11-13-5-7-14(8-6-13)22(2,3)4/h5-10H,11H2,1-4H3,(H,25,27). The van der Waals surface area contributed by atoms with E-state index in [2.05, 4.69) is 66.0 Å². The van der Waals surface area contributed by atoms with Gasteiger partial charge in [-0.1, -0.05) is 56.6 Å². The summed E-state index contributed by atoms with van der Waals surface area (Å²) in [6.07, 6.45) is 0.